The summed E-state index contributed by atoms with van der Waals surface area (Å²) in [5, 5.41) is 3.58. The van der Waals surface area contributed by atoms with Crippen LogP contribution in [0, 0.1) is 0 Å². The fourth-order valence-corrected chi connectivity index (χ4v) is 2.25. The first-order valence-corrected chi connectivity index (χ1v) is 5.32. The summed E-state index contributed by atoms with van der Waals surface area (Å²) in [4.78, 5) is 0. The van der Waals surface area contributed by atoms with Gasteiger partial charge in [-0.3, -0.25) is 0 Å². The van der Waals surface area contributed by atoms with Crippen LogP contribution in [0.1, 0.15) is 32.6 Å². The summed E-state index contributed by atoms with van der Waals surface area (Å²) in [6.45, 7) is 2.29. The molecular formula is C12H18N2. The van der Waals surface area contributed by atoms with Gasteiger partial charge in [0.2, 0.25) is 0 Å². The van der Waals surface area contributed by atoms with Gasteiger partial charge in [-0.25, -0.2) is 0 Å². The molecule has 0 atom stereocenters. The van der Waals surface area contributed by atoms with E-state index >= 15 is 0 Å². The molecule has 0 saturated heterocycles. The molecule has 0 amide bonds. The minimum atomic E-state index is 0.286. The van der Waals surface area contributed by atoms with Gasteiger partial charge in [0.15, 0.2) is 0 Å². The topological polar surface area (TPSA) is 38.0 Å². The molecule has 0 heterocycles. The number of anilines is 2. The van der Waals surface area contributed by atoms with Crippen LogP contribution in [-0.2, 0) is 0 Å². The Bertz CT molecular complexity index is 314. The average Bonchev–Trinajstić information content (AvgIpc) is 2.51. The van der Waals surface area contributed by atoms with Crippen molar-refractivity contribution >= 4 is 11.4 Å². The van der Waals surface area contributed by atoms with Gasteiger partial charge >= 0.3 is 0 Å². The minimum absolute atomic E-state index is 0.286. The molecule has 1 aromatic rings. The van der Waals surface area contributed by atoms with Gasteiger partial charge in [0.05, 0.1) is 0 Å². The molecule has 76 valence electrons. The maximum atomic E-state index is 5.74. The van der Waals surface area contributed by atoms with Gasteiger partial charge in [-0.05, 0) is 38.0 Å². The van der Waals surface area contributed by atoms with E-state index in [0.29, 0.717) is 0 Å². The molecule has 0 bridgehead atoms. The van der Waals surface area contributed by atoms with E-state index in [2.05, 4.69) is 18.3 Å². The van der Waals surface area contributed by atoms with Crippen molar-refractivity contribution in [2.24, 2.45) is 0 Å². The predicted octanol–water partition coefficient (Wildman–Crippen LogP) is 3.01. The molecule has 2 rings (SSSR count). The lowest BCUT2D eigenvalue weighted by Gasteiger charge is -2.26. The van der Waals surface area contributed by atoms with Crippen molar-refractivity contribution in [1.29, 1.82) is 0 Å². The van der Waals surface area contributed by atoms with Crippen LogP contribution in [0.2, 0.25) is 0 Å². The van der Waals surface area contributed by atoms with Crippen LogP contribution in [0.25, 0.3) is 0 Å². The lowest BCUT2D eigenvalue weighted by Crippen LogP contribution is -2.30. The second kappa shape index (κ2) is 3.52. The third-order valence-electron chi connectivity index (χ3n) is 3.04. The van der Waals surface area contributed by atoms with Gasteiger partial charge in [0, 0.05) is 16.9 Å². The van der Waals surface area contributed by atoms with Crippen molar-refractivity contribution < 1.29 is 0 Å². The van der Waals surface area contributed by atoms with Gasteiger partial charge in [0.25, 0.3) is 0 Å². The lowest BCUT2D eigenvalue weighted by molar-refractivity contribution is 0.533. The van der Waals surface area contributed by atoms with Gasteiger partial charge in [-0.1, -0.05) is 18.9 Å². The highest BCUT2D eigenvalue weighted by Gasteiger charge is 2.27. The Hall–Kier alpha value is -1.18. The molecule has 1 saturated carbocycles. The summed E-state index contributed by atoms with van der Waals surface area (Å²) in [6, 6.07) is 8.00. The quantitative estimate of drug-likeness (QED) is 0.703. The second-order valence-electron chi connectivity index (χ2n) is 4.52. The predicted molar refractivity (Wildman–Crippen MR) is 61.4 cm³/mol. The van der Waals surface area contributed by atoms with Crippen molar-refractivity contribution in [2.45, 2.75) is 38.1 Å². The third kappa shape index (κ3) is 2.00. The van der Waals surface area contributed by atoms with Crippen LogP contribution in [0.3, 0.4) is 0 Å². The van der Waals surface area contributed by atoms with Crippen LogP contribution in [-0.4, -0.2) is 5.54 Å². The number of nitrogens with one attached hydrogen (secondary N) is 1. The molecule has 2 heteroatoms. The standard InChI is InChI=1S/C12H18N2/c1-12(7-2-3-8-12)14-11-6-4-5-10(13)9-11/h4-6,9,14H,2-3,7-8,13H2,1H3. The van der Waals surface area contributed by atoms with Crippen LogP contribution in [0.4, 0.5) is 11.4 Å². The summed E-state index contributed by atoms with van der Waals surface area (Å²) >= 11 is 0. The number of rotatable bonds is 2. The first kappa shape index (κ1) is 9.38. The summed E-state index contributed by atoms with van der Waals surface area (Å²) < 4.78 is 0. The average molecular weight is 190 g/mol. The number of nitrogens with two attached hydrogens (primary N) is 1. The Kier molecular flexibility index (Phi) is 2.36. The Labute approximate surface area is 85.5 Å². The fourth-order valence-electron chi connectivity index (χ4n) is 2.25. The highest BCUT2D eigenvalue weighted by Crippen LogP contribution is 2.32. The molecule has 0 radical (unpaired) electrons. The molecule has 1 aliphatic rings. The van der Waals surface area contributed by atoms with Crippen molar-refractivity contribution in [2.75, 3.05) is 11.1 Å². The third-order valence-corrected chi connectivity index (χ3v) is 3.04. The van der Waals surface area contributed by atoms with E-state index in [4.69, 9.17) is 5.73 Å². The van der Waals surface area contributed by atoms with E-state index in [-0.39, 0.29) is 5.54 Å². The van der Waals surface area contributed by atoms with Crippen LogP contribution < -0.4 is 11.1 Å². The van der Waals surface area contributed by atoms with Gasteiger partial charge in [-0.15, -0.1) is 0 Å². The van der Waals surface area contributed by atoms with E-state index in [1.54, 1.807) is 0 Å². The molecule has 0 spiro atoms. The van der Waals surface area contributed by atoms with Crippen molar-refractivity contribution in [3.63, 3.8) is 0 Å². The van der Waals surface area contributed by atoms with E-state index < -0.39 is 0 Å². The zero-order valence-electron chi connectivity index (χ0n) is 8.72. The largest absolute Gasteiger partial charge is 0.399 e. The Morgan fingerprint density at radius 2 is 2.00 bits per heavy atom. The van der Waals surface area contributed by atoms with Gasteiger partial charge in [0.1, 0.15) is 0 Å². The van der Waals surface area contributed by atoms with E-state index in [9.17, 15) is 0 Å². The summed E-state index contributed by atoms with van der Waals surface area (Å²) in [7, 11) is 0. The first-order valence-electron chi connectivity index (χ1n) is 5.32. The van der Waals surface area contributed by atoms with Crippen molar-refractivity contribution in [3.05, 3.63) is 24.3 Å². The second-order valence-corrected chi connectivity index (χ2v) is 4.52. The van der Waals surface area contributed by atoms with E-state index in [0.717, 1.165) is 11.4 Å². The summed E-state index contributed by atoms with van der Waals surface area (Å²) in [5.74, 6) is 0. The van der Waals surface area contributed by atoms with E-state index in [1.807, 2.05) is 18.2 Å². The minimum Gasteiger partial charge on any atom is -0.399 e. The molecule has 1 aliphatic carbocycles. The maximum absolute atomic E-state index is 5.74. The lowest BCUT2D eigenvalue weighted by atomic mass is 10.0. The maximum Gasteiger partial charge on any atom is 0.0364 e. The Morgan fingerprint density at radius 1 is 1.29 bits per heavy atom. The highest BCUT2D eigenvalue weighted by atomic mass is 15.0. The number of benzene rings is 1. The summed E-state index contributed by atoms with van der Waals surface area (Å²) in [6.07, 6.45) is 5.21. The summed E-state index contributed by atoms with van der Waals surface area (Å²) in [5.41, 5.74) is 8.00. The molecule has 0 aliphatic heterocycles. The molecule has 0 unspecified atom stereocenters. The van der Waals surface area contributed by atoms with Gasteiger partial charge < -0.3 is 11.1 Å². The SMILES string of the molecule is CC1(Nc2cccc(N)c2)CCCC1. The smallest absolute Gasteiger partial charge is 0.0364 e. The molecule has 14 heavy (non-hydrogen) atoms. The zero-order valence-corrected chi connectivity index (χ0v) is 8.72. The Balaban J connectivity index is 2.10. The van der Waals surface area contributed by atoms with Crippen molar-refractivity contribution in [3.8, 4) is 0 Å². The molecule has 1 fully saturated rings. The number of hydrogen-bond donors (Lipinski definition) is 2. The van der Waals surface area contributed by atoms with Crippen molar-refractivity contribution in [1.82, 2.24) is 0 Å². The number of nitrogen functional groups attached to an aromatic ring is 1. The molecule has 2 nitrogen and oxygen atoms in total. The monoisotopic (exact) mass is 190 g/mol. The van der Waals surface area contributed by atoms with Crippen LogP contribution in [0.15, 0.2) is 24.3 Å². The fraction of sp³-hybridized carbons (Fsp3) is 0.500. The number of hydrogen-bond acceptors (Lipinski definition) is 2. The van der Waals surface area contributed by atoms with Crippen LogP contribution in [0.5, 0.6) is 0 Å². The highest BCUT2D eigenvalue weighted by molar-refractivity contribution is 5.55. The molecule has 3 N–H and O–H groups in total. The normalized spacial score (nSPS) is 19.5. The van der Waals surface area contributed by atoms with Gasteiger partial charge in [-0.2, -0.15) is 0 Å². The zero-order chi connectivity index (χ0) is 10.0. The molecule has 0 aromatic heterocycles. The first-order chi connectivity index (χ1) is 6.68. The molecule has 1 aromatic carbocycles. The van der Waals surface area contributed by atoms with E-state index in [1.165, 1.54) is 25.7 Å². The Morgan fingerprint density at radius 3 is 2.64 bits per heavy atom. The van der Waals surface area contributed by atoms with Crippen LogP contribution >= 0.6 is 0 Å². The molecular weight excluding hydrogens is 172 g/mol.